The number of hydrogen-bond donors (Lipinski definition) is 0. The van der Waals surface area contributed by atoms with Crippen molar-refractivity contribution in [3.63, 3.8) is 0 Å². The number of benzene rings is 2. The van der Waals surface area contributed by atoms with Crippen LogP contribution in [-0.2, 0) is 0 Å². The molecular formula is C16H15BrO2. The smallest absolute Gasteiger partial charge is 0.130 e. The summed E-state index contributed by atoms with van der Waals surface area (Å²) in [7, 11) is 1.68. The molecule has 0 spiro atoms. The van der Waals surface area contributed by atoms with Crippen molar-refractivity contribution in [2.45, 2.75) is 18.9 Å². The Morgan fingerprint density at radius 2 is 1.84 bits per heavy atom. The minimum absolute atomic E-state index is 0.0789. The molecule has 3 rings (SSSR count). The van der Waals surface area contributed by atoms with E-state index < -0.39 is 0 Å². The van der Waals surface area contributed by atoms with Gasteiger partial charge in [-0.3, -0.25) is 0 Å². The molecule has 2 aromatic carbocycles. The van der Waals surface area contributed by atoms with Crippen molar-refractivity contribution in [3.8, 4) is 11.5 Å². The third-order valence-corrected chi connectivity index (χ3v) is 4.11. The second-order valence-corrected chi connectivity index (χ2v) is 5.70. The summed E-state index contributed by atoms with van der Waals surface area (Å²) in [5, 5.41) is 0. The Kier molecular flexibility index (Phi) is 3.23. The van der Waals surface area contributed by atoms with Gasteiger partial charge in [0.15, 0.2) is 0 Å². The third kappa shape index (κ3) is 2.23. The minimum atomic E-state index is 0.0789. The van der Waals surface area contributed by atoms with Crippen molar-refractivity contribution in [2.75, 3.05) is 7.11 Å². The third-order valence-electron chi connectivity index (χ3n) is 3.61. The standard InChI is InChI=1S/C16H15BrO2/c1-10-14-9-12(17)5-8-15(14)19-16(10)11-3-6-13(18-2)7-4-11/h3-10,16H,1-2H3/t10-,16+/m1/s1. The molecule has 1 heterocycles. The normalized spacial score (nSPS) is 20.8. The summed E-state index contributed by atoms with van der Waals surface area (Å²) >= 11 is 3.52. The zero-order valence-electron chi connectivity index (χ0n) is 10.9. The van der Waals surface area contributed by atoms with Gasteiger partial charge < -0.3 is 9.47 Å². The average molecular weight is 319 g/mol. The lowest BCUT2D eigenvalue weighted by Gasteiger charge is -2.16. The highest BCUT2D eigenvalue weighted by molar-refractivity contribution is 9.10. The van der Waals surface area contributed by atoms with Crippen LogP contribution >= 0.6 is 15.9 Å². The van der Waals surface area contributed by atoms with E-state index in [2.05, 4.69) is 41.1 Å². The van der Waals surface area contributed by atoms with Gasteiger partial charge in [0.1, 0.15) is 17.6 Å². The van der Waals surface area contributed by atoms with Crippen LogP contribution in [0.4, 0.5) is 0 Å². The van der Waals surface area contributed by atoms with Gasteiger partial charge in [-0.1, -0.05) is 35.0 Å². The number of ether oxygens (including phenoxy) is 2. The van der Waals surface area contributed by atoms with Crippen molar-refractivity contribution >= 4 is 15.9 Å². The molecule has 19 heavy (non-hydrogen) atoms. The summed E-state index contributed by atoms with van der Waals surface area (Å²) in [6.45, 7) is 2.20. The van der Waals surface area contributed by atoms with E-state index in [9.17, 15) is 0 Å². The van der Waals surface area contributed by atoms with E-state index in [1.165, 1.54) is 11.1 Å². The average Bonchev–Trinajstić information content (AvgIpc) is 2.76. The highest BCUT2D eigenvalue weighted by Gasteiger charge is 2.32. The molecule has 1 aliphatic rings. The first-order valence-corrected chi connectivity index (χ1v) is 7.08. The van der Waals surface area contributed by atoms with Crippen LogP contribution in [0.1, 0.15) is 30.1 Å². The van der Waals surface area contributed by atoms with Crippen LogP contribution in [0.2, 0.25) is 0 Å². The van der Waals surface area contributed by atoms with Gasteiger partial charge in [-0.2, -0.15) is 0 Å². The summed E-state index contributed by atoms with van der Waals surface area (Å²) in [6.07, 6.45) is 0.0789. The van der Waals surface area contributed by atoms with Gasteiger partial charge in [-0.15, -0.1) is 0 Å². The van der Waals surface area contributed by atoms with Gasteiger partial charge in [0.25, 0.3) is 0 Å². The second kappa shape index (κ2) is 4.89. The van der Waals surface area contributed by atoms with Gasteiger partial charge in [-0.25, -0.2) is 0 Å². The first-order valence-electron chi connectivity index (χ1n) is 6.29. The monoisotopic (exact) mass is 318 g/mol. The number of fused-ring (bicyclic) bond motifs is 1. The molecule has 0 unspecified atom stereocenters. The first-order chi connectivity index (χ1) is 9.19. The lowest BCUT2D eigenvalue weighted by molar-refractivity contribution is 0.216. The van der Waals surface area contributed by atoms with Crippen LogP contribution < -0.4 is 9.47 Å². The van der Waals surface area contributed by atoms with E-state index in [0.29, 0.717) is 5.92 Å². The quantitative estimate of drug-likeness (QED) is 0.799. The van der Waals surface area contributed by atoms with Crippen LogP contribution in [0.3, 0.4) is 0 Å². The Hall–Kier alpha value is -1.48. The lowest BCUT2D eigenvalue weighted by Crippen LogP contribution is -2.07. The summed E-state index contributed by atoms with van der Waals surface area (Å²) in [5.74, 6) is 2.20. The van der Waals surface area contributed by atoms with Gasteiger partial charge in [0.2, 0.25) is 0 Å². The van der Waals surface area contributed by atoms with E-state index in [-0.39, 0.29) is 6.10 Å². The molecule has 0 aliphatic carbocycles. The number of methoxy groups -OCH3 is 1. The Labute approximate surface area is 121 Å². The molecule has 0 saturated heterocycles. The van der Waals surface area contributed by atoms with Crippen LogP contribution in [0, 0.1) is 0 Å². The van der Waals surface area contributed by atoms with Crippen LogP contribution in [0.15, 0.2) is 46.9 Å². The number of hydrogen-bond acceptors (Lipinski definition) is 2. The molecular weight excluding hydrogens is 304 g/mol. The molecule has 0 N–H and O–H groups in total. The summed E-state index contributed by atoms with van der Waals surface area (Å²) in [4.78, 5) is 0. The summed E-state index contributed by atoms with van der Waals surface area (Å²) < 4.78 is 12.4. The molecule has 2 nitrogen and oxygen atoms in total. The fourth-order valence-corrected chi connectivity index (χ4v) is 2.91. The fraction of sp³-hybridized carbons (Fsp3) is 0.250. The topological polar surface area (TPSA) is 18.5 Å². The lowest BCUT2D eigenvalue weighted by atomic mass is 9.93. The van der Waals surface area contributed by atoms with Crippen LogP contribution in [0.5, 0.6) is 11.5 Å². The molecule has 3 heteroatoms. The van der Waals surface area contributed by atoms with Gasteiger partial charge in [0.05, 0.1) is 7.11 Å². The van der Waals surface area contributed by atoms with E-state index in [4.69, 9.17) is 9.47 Å². The Morgan fingerprint density at radius 1 is 1.11 bits per heavy atom. The van der Waals surface area contributed by atoms with E-state index in [1.807, 2.05) is 24.3 Å². The van der Waals surface area contributed by atoms with Crippen LogP contribution in [0.25, 0.3) is 0 Å². The summed E-state index contributed by atoms with van der Waals surface area (Å²) in [6, 6.07) is 14.3. The highest BCUT2D eigenvalue weighted by Crippen LogP contribution is 2.46. The number of halogens is 1. The van der Waals surface area contributed by atoms with Crippen molar-refractivity contribution in [1.82, 2.24) is 0 Å². The molecule has 0 aromatic heterocycles. The molecule has 0 amide bonds. The molecule has 0 saturated carbocycles. The molecule has 0 fully saturated rings. The van der Waals surface area contributed by atoms with Crippen molar-refractivity contribution in [3.05, 3.63) is 58.1 Å². The molecule has 1 aliphatic heterocycles. The van der Waals surface area contributed by atoms with E-state index in [1.54, 1.807) is 7.11 Å². The van der Waals surface area contributed by atoms with Crippen molar-refractivity contribution in [1.29, 1.82) is 0 Å². The van der Waals surface area contributed by atoms with Gasteiger partial charge in [-0.05, 0) is 35.9 Å². The van der Waals surface area contributed by atoms with Crippen molar-refractivity contribution < 1.29 is 9.47 Å². The number of rotatable bonds is 2. The molecule has 2 atom stereocenters. The van der Waals surface area contributed by atoms with E-state index >= 15 is 0 Å². The molecule has 0 radical (unpaired) electrons. The Morgan fingerprint density at radius 3 is 2.53 bits per heavy atom. The van der Waals surface area contributed by atoms with Gasteiger partial charge in [0, 0.05) is 16.0 Å². The highest BCUT2D eigenvalue weighted by atomic mass is 79.9. The Balaban J connectivity index is 1.92. The zero-order valence-corrected chi connectivity index (χ0v) is 12.5. The van der Waals surface area contributed by atoms with E-state index in [0.717, 1.165) is 16.0 Å². The molecule has 2 aromatic rings. The second-order valence-electron chi connectivity index (χ2n) is 4.78. The fourth-order valence-electron chi connectivity index (χ4n) is 2.53. The largest absolute Gasteiger partial charge is 0.497 e. The maximum Gasteiger partial charge on any atom is 0.130 e. The first kappa shape index (κ1) is 12.5. The zero-order chi connectivity index (χ0) is 13.4. The van der Waals surface area contributed by atoms with Gasteiger partial charge >= 0.3 is 0 Å². The van der Waals surface area contributed by atoms with Crippen LogP contribution in [-0.4, -0.2) is 7.11 Å². The maximum atomic E-state index is 6.07. The van der Waals surface area contributed by atoms with Crippen molar-refractivity contribution in [2.24, 2.45) is 0 Å². The SMILES string of the molecule is COc1ccc([C@H]2Oc3ccc(Br)cc3[C@H]2C)cc1. The minimum Gasteiger partial charge on any atom is -0.497 e. The maximum absolute atomic E-state index is 6.07. The molecule has 0 bridgehead atoms. The summed E-state index contributed by atoms with van der Waals surface area (Å²) in [5.41, 5.74) is 2.44. The predicted octanol–water partition coefficient (Wildman–Crippen LogP) is 4.69. The molecule has 98 valence electrons. The predicted molar refractivity (Wildman–Crippen MR) is 78.9 cm³/mol. The Bertz CT molecular complexity index is 592.